The van der Waals surface area contributed by atoms with Gasteiger partial charge in [0.25, 0.3) is 0 Å². The lowest BCUT2D eigenvalue weighted by Gasteiger charge is -2.35. The van der Waals surface area contributed by atoms with Crippen LogP contribution in [-0.4, -0.2) is 24.0 Å². The van der Waals surface area contributed by atoms with Crippen molar-refractivity contribution in [3.63, 3.8) is 0 Å². The summed E-state index contributed by atoms with van der Waals surface area (Å²) in [5.74, 6) is -8.02. The highest BCUT2D eigenvalue weighted by Crippen LogP contribution is 2.54. The van der Waals surface area contributed by atoms with Crippen molar-refractivity contribution in [2.45, 2.75) is 31.6 Å². The molecule has 0 heterocycles. The van der Waals surface area contributed by atoms with Crippen LogP contribution in [0.5, 0.6) is 11.5 Å². The number of hydrogen-bond acceptors (Lipinski definition) is 4. The Morgan fingerprint density at radius 2 is 0.970 bits per heavy atom. The summed E-state index contributed by atoms with van der Waals surface area (Å²) in [7, 11) is 0. The average molecular weight is 472 g/mol. The van der Waals surface area contributed by atoms with Gasteiger partial charge in [0, 0.05) is 22.3 Å². The molecule has 0 saturated heterocycles. The van der Waals surface area contributed by atoms with Gasteiger partial charge in [0.2, 0.25) is 5.67 Å². The van der Waals surface area contributed by atoms with Crippen LogP contribution in [0.15, 0.2) is 72.8 Å². The van der Waals surface area contributed by atoms with E-state index >= 15 is 4.39 Å². The molecule has 2 rings (SSSR count). The second-order valence-electron chi connectivity index (χ2n) is 7.12. The predicted octanol–water partition coefficient (Wildman–Crippen LogP) is 6.06. The Morgan fingerprint density at radius 1 is 0.667 bits per heavy atom. The largest absolute Gasteiger partial charge is 0.457 e. The lowest BCUT2D eigenvalue weighted by Crippen LogP contribution is -2.53. The maximum Gasteiger partial charge on any atom is 0.457 e. The smallest absolute Gasteiger partial charge is 0.423 e. The van der Waals surface area contributed by atoms with Crippen LogP contribution in [0.4, 0.5) is 26.3 Å². The van der Waals surface area contributed by atoms with Crippen molar-refractivity contribution < 1.29 is 45.4 Å². The van der Waals surface area contributed by atoms with Crippen LogP contribution >= 0.6 is 0 Å². The molecule has 0 aromatic heterocycles. The molecule has 33 heavy (non-hydrogen) atoms. The summed E-state index contributed by atoms with van der Waals surface area (Å²) in [5.41, 5.74) is -6.44. The van der Waals surface area contributed by atoms with Gasteiger partial charge in [-0.2, -0.15) is 22.0 Å². The minimum Gasteiger partial charge on any atom is -0.423 e. The molecule has 0 aliphatic heterocycles. The quantitative estimate of drug-likeness (QED) is 0.213. The number of benzene rings is 2. The average Bonchev–Trinajstić information content (AvgIpc) is 2.73. The van der Waals surface area contributed by atoms with E-state index in [1.807, 2.05) is 0 Å². The lowest BCUT2D eigenvalue weighted by molar-refractivity contribution is -0.323. The summed E-state index contributed by atoms with van der Waals surface area (Å²) in [6.45, 7) is 9.37. The molecule has 10 heteroatoms. The number of halogens is 6. The molecule has 4 nitrogen and oxygen atoms in total. The van der Waals surface area contributed by atoms with Crippen molar-refractivity contribution in [3.8, 4) is 11.5 Å². The molecule has 176 valence electrons. The normalized spacial score (nSPS) is 12.1. The highest BCUT2D eigenvalue weighted by Gasteiger charge is 2.72. The molecule has 0 aliphatic carbocycles. The first-order chi connectivity index (χ1) is 15.1. The van der Waals surface area contributed by atoms with E-state index in [1.54, 1.807) is 0 Å². The van der Waals surface area contributed by atoms with Crippen molar-refractivity contribution >= 4 is 11.9 Å². The van der Waals surface area contributed by atoms with Gasteiger partial charge in [0.05, 0.1) is 0 Å². The summed E-state index contributed by atoms with van der Waals surface area (Å²) in [6.07, 6.45) is -6.25. The summed E-state index contributed by atoms with van der Waals surface area (Å²) in [5, 5.41) is 0. The fourth-order valence-electron chi connectivity index (χ4n) is 2.62. The van der Waals surface area contributed by atoms with E-state index in [9.17, 15) is 31.5 Å². The van der Waals surface area contributed by atoms with Gasteiger partial charge in [-0.25, -0.2) is 14.0 Å². The van der Waals surface area contributed by atoms with Gasteiger partial charge < -0.3 is 9.47 Å². The number of alkyl halides is 6. The van der Waals surface area contributed by atoms with E-state index in [1.165, 1.54) is 13.8 Å². The third kappa shape index (κ3) is 5.10. The van der Waals surface area contributed by atoms with Crippen LogP contribution in [0.1, 0.15) is 25.0 Å². The molecular weight excluding hydrogens is 454 g/mol. The van der Waals surface area contributed by atoms with Crippen LogP contribution in [0.25, 0.3) is 0 Å². The maximum atomic E-state index is 15.9. The molecule has 0 aliphatic rings. The Hall–Kier alpha value is -3.56. The third-order valence-corrected chi connectivity index (χ3v) is 4.41. The zero-order valence-electron chi connectivity index (χ0n) is 17.4. The number of hydrogen-bond donors (Lipinski definition) is 0. The number of ether oxygens (including phenoxy) is 2. The number of carbonyl (C=O) groups excluding carboxylic acids is 2. The molecule has 0 saturated carbocycles. The summed E-state index contributed by atoms with van der Waals surface area (Å²) in [4.78, 5) is 23.1. The van der Waals surface area contributed by atoms with Crippen LogP contribution in [0.3, 0.4) is 0 Å². The van der Waals surface area contributed by atoms with Crippen molar-refractivity contribution in [1.29, 1.82) is 0 Å². The molecule has 0 radical (unpaired) electrons. The first kappa shape index (κ1) is 25.7. The van der Waals surface area contributed by atoms with Crippen molar-refractivity contribution in [2.24, 2.45) is 0 Å². The molecule has 0 fully saturated rings. The Morgan fingerprint density at radius 3 is 1.21 bits per heavy atom. The molecule has 0 spiro atoms. The monoisotopic (exact) mass is 472 g/mol. The van der Waals surface area contributed by atoms with Gasteiger partial charge in [0.1, 0.15) is 11.5 Å². The van der Waals surface area contributed by atoms with Crippen LogP contribution in [-0.2, 0) is 15.3 Å². The molecule has 2 aromatic carbocycles. The number of esters is 2. The van der Waals surface area contributed by atoms with Crippen LogP contribution in [0, 0.1) is 0 Å². The number of rotatable bonds is 7. The summed E-state index contributed by atoms with van der Waals surface area (Å²) in [6, 6.07) is 6.09. The molecule has 0 amide bonds. The van der Waals surface area contributed by atoms with Crippen LogP contribution < -0.4 is 9.47 Å². The topological polar surface area (TPSA) is 52.6 Å². The summed E-state index contributed by atoms with van der Waals surface area (Å²) >= 11 is 0. The summed E-state index contributed by atoms with van der Waals surface area (Å²) < 4.78 is 94.2. The van der Waals surface area contributed by atoms with Gasteiger partial charge in [-0.3, -0.25) is 0 Å². The standard InChI is InChI=1S/C23H18F6O4/c1-13(2)19(30)32-17-9-5-15(6-10-17)21(24,22(25,26)23(27,28)29)16-7-11-18(12-8-16)33-20(31)14(3)4/h5-12H,1,3H2,2,4H3. The molecule has 0 N–H and O–H groups in total. The van der Waals surface area contributed by atoms with Gasteiger partial charge in [-0.1, -0.05) is 37.4 Å². The van der Waals surface area contributed by atoms with E-state index in [0.717, 1.165) is 24.3 Å². The maximum absolute atomic E-state index is 15.9. The Balaban J connectivity index is 2.55. The van der Waals surface area contributed by atoms with E-state index in [-0.39, 0.29) is 22.6 Å². The highest BCUT2D eigenvalue weighted by molar-refractivity contribution is 5.89. The van der Waals surface area contributed by atoms with E-state index in [0.29, 0.717) is 24.3 Å². The van der Waals surface area contributed by atoms with Crippen molar-refractivity contribution in [2.75, 3.05) is 0 Å². The van der Waals surface area contributed by atoms with Crippen molar-refractivity contribution in [1.82, 2.24) is 0 Å². The molecule has 0 bridgehead atoms. The minimum atomic E-state index is -6.25. The SMILES string of the molecule is C=C(C)C(=O)Oc1ccc(C(F)(c2ccc(OC(=O)C(=C)C)cc2)C(F)(F)C(F)(F)F)cc1. The number of carbonyl (C=O) groups is 2. The van der Waals surface area contributed by atoms with Crippen LogP contribution in [0.2, 0.25) is 0 Å². The predicted molar refractivity (Wildman–Crippen MR) is 107 cm³/mol. The van der Waals surface area contributed by atoms with Crippen molar-refractivity contribution in [3.05, 3.63) is 84.0 Å². The second-order valence-corrected chi connectivity index (χ2v) is 7.12. The first-order valence-electron chi connectivity index (χ1n) is 9.21. The van der Waals surface area contributed by atoms with Gasteiger partial charge in [0.15, 0.2) is 0 Å². The fraction of sp³-hybridized carbons (Fsp3) is 0.217. The fourth-order valence-corrected chi connectivity index (χ4v) is 2.62. The molecular formula is C23H18F6O4. The minimum absolute atomic E-state index is 0.00922. The second kappa shape index (κ2) is 9.13. The molecule has 2 aromatic rings. The van der Waals surface area contributed by atoms with E-state index in [2.05, 4.69) is 13.2 Å². The van der Waals surface area contributed by atoms with E-state index < -0.39 is 40.8 Å². The molecule has 0 atom stereocenters. The Labute approximate surface area is 185 Å². The lowest BCUT2D eigenvalue weighted by atomic mass is 9.82. The zero-order chi connectivity index (χ0) is 25.2. The van der Waals surface area contributed by atoms with Gasteiger partial charge in [-0.15, -0.1) is 0 Å². The third-order valence-electron chi connectivity index (χ3n) is 4.41. The van der Waals surface area contributed by atoms with Gasteiger partial charge in [-0.05, 0) is 38.1 Å². The molecule has 0 unspecified atom stereocenters. The van der Waals surface area contributed by atoms with E-state index in [4.69, 9.17) is 9.47 Å². The van der Waals surface area contributed by atoms with Gasteiger partial charge >= 0.3 is 24.0 Å². The Bertz CT molecular complexity index is 998. The zero-order valence-corrected chi connectivity index (χ0v) is 17.4. The highest BCUT2D eigenvalue weighted by atomic mass is 19.4. The Kier molecular flexibility index (Phi) is 7.11. The first-order valence-corrected chi connectivity index (χ1v) is 9.21.